The third-order valence-electron chi connectivity index (χ3n) is 2.96. The van der Waals surface area contributed by atoms with Crippen LogP contribution in [-0.2, 0) is 6.54 Å². The first kappa shape index (κ1) is 13.1. The number of aryl methyl sites for hydroxylation is 3. The van der Waals surface area contributed by atoms with Crippen molar-refractivity contribution in [1.29, 1.82) is 0 Å². The number of nitrogen functional groups attached to an aromatic ring is 1. The highest BCUT2D eigenvalue weighted by Gasteiger charge is 2.15. The Kier molecular flexibility index (Phi) is 3.55. The number of nitrogens with zero attached hydrogens (tertiary/aromatic N) is 2. The van der Waals surface area contributed by atoms with Gasteiger partial charge in [-0.2, -0.15) is 5.10 Å². The van der Waals surface area contributed by atoms with Gasteiger partial charge in [-0.05, 0) is 32.4 Å². The molecule has 1 aromatic carbocycles. The van der Waals surface area contributed by atoms with E-state index in [9.17, 15) is 4.79 Å². The van der Waals surface area contributed by atoms with Crippen molar-refractivity contribution in [1.82, 2.24) is 9.78 Å². The molecule has 0 fully saturated rings. The van der Waals surface area contributed by atoms with Crippen LogP contribution in [-0.4, -0.2) is 15.7 Å². The minimum absolute atomic E-state index is 0.266. The van der Waals surface area contributed by atoms with Crippen LogP contribution in [0.25, 0.3) is 0 Å². The Bertz CT molecular complexity index is 616. The zero-order chi connectivity index (χ0) is 14.0. The van der Waals surface area contributed by atoms with Crippen LogP contribution in [0.4, 0.5) is 11.4 Å². The molecule has 0 aliphatic heterocycles. The van der Waals surface area contributed by atoms with Gasteiger partial charge in [0.25, 0.3) is 5.91 Å². The molecule has 3 N–H and O–H groups in total. The van der Waals surface area contributed by atoms with Gasteiger partial charge in [-0.25, -0.2) is 0 Å². The molecule has 0 saturated heterocycles. The van der Waals surface area contributed by atoms with E-state index < -0.39 is 0 Å². The lowest BCUT2D eigenvalue weighted by atomic mass is 10.1. The fourth-order valence-electron chi connectivity index (χ4n) is 1.91. The van der Waals surface area contributed by atoms with E-state index in [0.29, 0.717) is 12.2 Å². The molecule has 0 atom stereocenters. The minimum Gasteiger partial charge on any atom is -0.396 e. The molecule has 19 heavy (non-hydrogen) atoms. The second-order valence-corrected chi connectivity index (χ2v) is 4.56. The van der Waals surface area contributed by atoms with E-state index in [-0.39, 0.29) is 11.6 Å². The van der Waals surface area contributed by atoms with Gasteiger partial charge in [0, 0.05) is 18.4 Å². The number of rotatable bonds is 3. The summed E-state index contributed by atoms with van der Waals surface area (Å²) < 4.78 is 1.65. The SMILES string of the molecule is CCn1cc(N)c(C(=O)Nc2ccc(C)cc2C)n1. The fourth-order valence-corrected chi connectivity index (χ4v) is 1.91. The molecule has 100 valence electrons. The number of carbonyl (C=O) groups excluding carboxylic acids is 1. The summed E-state index contributed by atoms with van der Waals surface area (Å²) in [5, 5.41) is 6.99. The van der Waals surface area contributed by atoms with Crippen molar-refractivity contribution in [3.63, 3.8) is 0 Å². The van der Waals surface area contributed by atoms with Crippen LogP contribution in [0.5, 0.6) is 0 Å². The standard InChI is InChI=1S/C14H18N4O/c1-4-18-8-11(15)13(17-18)14(19)16-12-6-5-9(2)7-10(12)3/h5-8H,4,15H2,1-3H3,(H,16,19). The van der Waals surface area contributed by atoms with Gasteiger partial charge in [0.2, 0.25) is 0 Å². The predicted molar refractivity (Wildman–Crippen MR) is 76.2 cm³/mol. The largest absolute Gasteiger partial charge is 0.396 e. The van der Waals surface area contributed by atoms with Crippen molar-refractivity contribution in [3.8, 4) is 0 Å². The van der Waals surface area contributed by atoms with E-state index in [4.69, 9.17) is 5.73 Å². The third kappa shape index (κ3) is 2.76. The molecule has 1 heterocycles. The lowest BCUT2D eigenvalue weighted by molar-refractivity contribution is 0.102. The lowest BCUT2D eigenvalue weighted by Crippen LogP contribution is -2.15. The van der Waals surface area contributed by atoms with Crippen LogP contribution in [0.2, 0.25) is 0 Å². The molecule has 5 nitrogen and oxygen atoms in total. The zero-order valence-corrected chi connectivity index (χ0v) is 11.4. The molecular weight excluding hydrogens is 240 g/mol. The van der Waals surface area contributed by atoms with E-state index in [1.807, 2.05) is 39.0 Å². The predicted octanol–water partition coefficient (Wildman–Crippen LogP) is 2.35. The van der Waals surface area contributed by atoms with Gasteiger partial charge in [0.1, 0.15) is 0 Å². The van der Waals surface area contributed by atoms with Crippen molar-refractivity contribution < 1.29 is 4.79 Å². The van der Waals surface area contributed by atoms with E-state index in [1.165, 1.54) is 0 Å². The van der Waals surface area contributed by atoms with Crippen LogP contribution in [0.15, 0.2) is 24.4 Å². The first-order chi connectivity index (χ1) is 9.01. The summed E-state index contributed by atoms with van der Waals surface area (Å²) in [6.07, 6.45) is 1.66. The van der Waals surface area contributed by atoms with Crippen molar-refractivity contribution in [3.05, 3.63) is 41.2 Å². The van der Waals surface area contributed by atoms with Crippen molar-refractivity contribution >= 4 is 17.3 Å². The van der Waals surface area contributed by atoms with E-state index >= 15 is 0 Å². The molecule has 1 aromatic heterocycles. The van der Waals surface area contributed by atoms with Gasteiger partial charge < -0.3 is 11.1 Å². The number of amides is 1. The first-order valence-electron chi connectivity index (χ1n) is 6.22. The number of hydrogen-bond acceptors (Lipinski definition) is 3. The number of benzene rings is 1. The molecule has 0 aliphatic rings. The maximum absolute atomic E-state index is 12.1. The topological polar surface area (TPSA) is 72.9 Å². The molecule has 0 unspecified atom stereocenters. The second-order valence-electron chi connectivity index (χ2n) is 4.56. The quantitative estimate of drug-likeness (QED) is 0.887. The highest BCUT2D eigenvalue weighted by Crippen LogP contribution is 2.18. The Balaban J connectivity index is 2.23. The van der Waals surface area contributed by atoms with Crippen molar-refractivity contribution in [2.75, 3.05) is 11.1 Å². The zero-order valence-electron chi connectivity index (χ0n) is 11.4. The number of carbonyl (C=O) groups is 1. The monoisotopic (exact) mass is 258 g/mol. The number of anilines is 2. The van der Waals surface area contributed by atoms with Gasteiger partial charge in [0.05, 0.1) is 5.69 Å². The van der Waals surface area contributed by atoms with Gasteiger partial charge in [-0.3, -0.25) is 9.48 Å². The Hall–Kier alpha value is -2.30. The maximum Gasteiger partial charge on any atom is 0.278 e. The van der Waals surface area contributed by atoms with Gasteiger partial charge in [-0.1, -0.05) is 17.7 Å². The van der Waals surface area contributed by atoms with Crippen molar-refractivity contribution in [2.24, 2.45) is 0 Å². The van der Waals surface area contributed by atoms with Crippen LogP contribution in [0.1, 0.15) is 28.5 Å². The third-order valence-corrected chi connectivity index (χ3v) is 2.96. The number of hydrogen-bond donors (Lipinski definition) is 2. The molecule has 5 heteroatoms. The summed E-state index contributed by atoms with van der Waals surface area (Å²) >= 11 is 0. The fraction of sp³-hybridized carbons (Fsp3) is 0.286. The summed E-state index contributed by atoms with van der Waals surface area (Å²) in [7, 11) is 0. The second kappa shape index (κ2) is 5.14. The van der Waals surface area contributed by atoms with Crippen LogP contribution in [0.3, 0.4) is 0 Å². The Labute approximate surface area is 112 Å². The average molecular weight is 258 g/mol. The lowest BCUT2D eigenvalue weighted by Gasteiger charge is -2.08. The molecule has 1 amide bonds. The van der Waals surface area contributed by atoms with Crippen LogP contribution >= 0.6 is 0 Å². The summed E-state index contributed by atoms with van der Waals surface area (Å²) in [4.78, 5) is 12.1. The molecule has 0 aliphatic carbocycles. The minimum atomic E-state index is -0.281. The Morgan fingerprint density at radius 3 is 2.74 bits per heavy atom. The van der Waals surface area contributed by atoms with Gasteiger partial charge >= 0.3 is 0 Å². The summed E-state index contributed by atoms with van der Waals surface area (Å²) in [5.41, 5.74) is 9.40. The molecular formula is C14H18N4O. The van der Waals surface area contributed by atoms with Gasteiger partial charge in [0.15, 0.2) is 5.69 Å². The average Bonchev–Trinajstić information content (AvgIpc) is 2.74. The molecule has 0 bridgehead atoms. The van der Waals surface area contributed by atoms with Crippen molar-refractivity contribution in [2.45, 2.75) is 27.3 Å². The summed E-state index contributed by atoms with van der Waals surface area (Å²) in [5.74, 6) is -0.281. The summed E-state index contributed by atoms with van der Waals surface area (Å²) in [6.45, 7) is 6.59. The molecule has 0 saturated carbocycles. The highest BCUT2D eigenvalue weighted by atomic mass is 16.2. The molecule has 2 rings (SSSR count). The van der Waals surface area contributed by atoms with Crippen LogP contribution < -0.4 is 11.1 Å². The van der Waals surface area contributed by atoms with E-state index in [0.717, 1.165) is 16.8 Å². The highest BCUT2D eigenvalue weighted by molar-refractivity contribution is 6.06. The molecule has 0 radical (unpaired) electrons. The summed E-state index contributed by atoms with van der Waals surface area (Å²) in [6, 6.07) is 5.86. The van der Waals surface area contributed by atoms with Gasteiger partial charge in [-0.15, -0.1) is 0 Å². The number of nitrogens with one attached hydrogen (secondary N) is 1. The van der Waals surface area contributed by atoms with E-state index in [1.54, 1.807) is 10.9 Å². The smallest absolute Gasteiger partial charge is 0.278 e. The Morgan fingerprint density at radius 1 is 1.42 bits per heavy atom. The molecule has 0 spiro atoms. The first-order valence-corrected chi connectivity index (χ1v) is 6.22. The number of nitrogens with two attached hydrogens (primary N) is 1. The normalized spacial score (nSPS) is 10.5. The van der Waals surface area contributed by atoms with Crippen LogP contribution in [0, 0.1) is 13.8 Å². The number of aromatic nitrogens is 2. The Morgan fingerprint density at radius 2 is 2.16 bits per heavy atom. The molecule has 2 aromatic rings. The maximum atomic E-state index is 12.1. The van der Waals surface area contributed by atoms with E-state index in [2.05, 4.69) is 10.4 Å².